The minimum Gasteiger partial charge on any atom is -0.314 e. The summed E-state index contributed by atoms with van der Waals surface area (Å²) in [5.74, 6) is -0.564. The highest BCUT2D eigenvalue weighted by molar-refractivity contribution is 5.20. The Labute approximate surface area is 95.9 Å². The molecule has 1 aromatic rings. The Bertz CT molecular complexity index is 316. The molecule has 1 nitrogen and oxygen atoms in total. The summed E-state index contributed by atoms with van der Waals surface area (Å²) in [5.41, 5.74) is 0.183. The van der Waals surface area contributed by atoms with E-state index in [2.05, 4.69) is 5.32 Å². The topological polar surface area (TPSA) is 12.0 Å². The van der Waals surface area contributed by atoms with Crippen molar-refractivity contribution in [1.82, 2.24) is 5.32 Å². The normalized spacial score (nSPS) is 13.1. The maximum atomic E-state index is 13.4. The Morgan fingerprint density at radius 2 is 1.75 bits per heavy atom. The quantitative estimate of drug-likeness (QED) is 0.814. The summed E-state index contributed by atoms with van der Waals surface area (Å²) in [6, 6.07) is 4.12. The molecule has 0 aliphatic carbocycles. The lowest BCUT2D eigenvalue weighted by atomic mass is 9.96. The fourth-order valence-corrected chi connectivity index (χ4v) is 1.75. The van der Waals surface area contributed by atoms with Crippen molar-refractivity contribution in [3.63, 3.8) is 0 Å². The van der Waals surface area contributed by atoms with Crippen LogP contribution in [0.2, 0.25) is 0 Å². The maximum Gasteiger partial charge on any atom is 0.129 e. The van der Waals surface area contributed by atoms with Gasteiger partial charge in [-0.15, -0.1) is 0 Å². The molecule has 0 spiro atoms. The van der Waals surface area contributed by atoms with Gasteiger partial charge in [-0.25, -0.2) is 8.78 Å². The third kappa shape index (κ3) is 3.27. The van der Waals surface area contributed by atoms with Gasteiger partial charge < -0.3 is 5.32 Å². The fraction of sp³-hybridized carbons (Fsp3) is 0.538. The van der Waals surface area contributed by atoms with Gasteiger partial charge in [0.2, 0.25) is 0 Å². The van der Waals surface area contributed by atoms with Crippen LogP contribution in [0.5, 0.6) is 0 Å². The maximum absolute atomic E-state index is 13.4. The smallest absolute Gasteiger partial charge is 0.129 e. The second kappa shape index (κ2) is 5.94. The number of hydrogen-bond donors (Lipinski definition) is 1. The first-order valence-corrected chi connectivity index (χ1v) is 5.72. The van der Waals surface area contributed by atoms with Crippen LogP contribution < -0.4 is 5.32 Å². The van der Waals surface area contributed by atoms with Crippen molar-refractivity contribution in [2.24, 2.45) is 5.92 Å². The summed E-state index contributed by atoms with van der Waals surface area (Å²) in [4.78, 5) is 0. The van der Waals surface area contributed by atoms with E-state index in [1.807, 2.05) is 20.8 Å². The van der Waals surface area contributed by atoms with Gasteiger partial charge in [0.25, 0.3) is 0 Å². The van der Waals surface area contributed by atoms with E-state index < -0.39 is 11.6 Å². The largest absolute Gasteiger partial charge is 0.314 e. The number of nitrogens with one attached hydrogen (secondary N) is 1. The van der Waals surface area contributed by atoms with Crippen LogP contribution in [0.3, 0.4) is 0 Å². The van der Waals surface area contributed by atoms with Gasteiger partial charge in [0.05, 0.1) is 0 Å². The van der Waals surface area contributed by atoms with Crippen LogP contribution in [0.4, 0.5) is 8.78 Å². The molecular formula is C13H19F2N. The van der Waals surface area contributed by atoms with Gasteiger partial charge in [0, 0.05) is 11.6 Å². The molecular weight excluding hydrogens is 208 g/mol. The van der Waals surface area contributed by atoms with E-state index in [0.29, 0.717) is 12.3 Å². The summed E-state index contributed by atoms with van der Waals surface area (Å²) < 4.78 is 26.9. The van der Waals surface area contributed by atoms with Crippen LogP contribution in [0.15, 0.2) is 18.2 Å². The zero-order chi connectivity index (χ0) is 12.1. The van der Waals surface area contributed by atoms with E-state index in [0.717, 1.165) is 6.54 Å². The molecule has 0 fully saturated rings. The Balaban J connectivity index is 2.84. The highest BCUT2D eigenvalue weighted by atomic mass is 19.1. The number of rotatable bonds is 5. The Morgan fingerprint density at radius 3 is 2.19 bits per heavy atom. The molecule has 0 heterocycles. The van der Waals surface area contributed by atoms with Gasteiger partial charge in [-0.2, -0.15) is 0 Å². The van der Waals surface area contributed by atoms with Gasteiger partial charge >= 0.3 is 0 Å². The molecule has 1 aromatic carbocycles. The van der Waals surface area contributed by atoms with Crippen molar-refractivity contribution in [1.29, 1.82) is 0 Å². The fourth-order valence-electron chi connectivity index (χ4n) is 1.75. The van der Waals surface area contributed by atoms with Crippen molar-refractivity contribution in [3.8, 4) is 0 Å². The number of hydrogen-bond acceptors (Lipinski definition) is 1. The van der Waals surface area contributed by atoms with Gasteiger partial charge in [0.15, 0.2) is 0 Å². The minimum absolute atomic E-state index is 0.108. The first-order chi connectivity index (χ1) is 7.56. The van der Waals surface area contributed by atoms with E-state index in [-0.39, 0.29) is 11.6 Å². The van der Waals surface area contributed by atoms with Crippen molar-refractivity contribution < 1.29 is 8.78 Å². The summed E-state index contributed by atoms with van der Waals surface area (Å²) in [6.07, 6.45) is 0.393. The van der Waals surface area contributed by atoms with Crippen LogP contribution >= 0.6 is 0 Å². The molecule has 16 heavy (non-hydrogen) atoms. The van der Waals surface area contributed by atoms with Crippen molar-refractivity contribution >= 4 is 0 Å². The summed E-state index contributed by atoms with van der Waals surface area (Å²) in [7, 11) is 0. The standard InChI is InChI=1S/C13H19F2N/c1-4-16-13(9(2)3)8-10-11(14)6-5-7-12(10)15/h5-7,9,13,16H,4,8H2,1-3H3. The molecule has 1 rings (SSSR count). The van der Waals surface area contributed by atoms with E-state index in [1.165, 1.54) is 18.2 Å². The monoisotopic (exact) mass is 227 g/mol. The predicted molar refractivity (Wildman–Crippen MR) is 62.4 cm³/mol. The second-order valence-corrected chi connectivity index (χ2v) is 4.31. The molecule has 1 atom stereocenters. The van der Waals surface area contributed by atoms with E-state index in [4.69, 9.17) is 0 Å². The Kier molecular flexibility index (Phi) is 4.87. The Morgan fingerprint density at radius 1 is 1.19 bits per heavy atom. The molecule has 0 aliphatic heterocycles. The number of benzene rings is 1. The van der Waals surface area contributed by atoms with Crippen LogP contribution in [-0.4, -0.2) is 12.6 Å². The lowest BCUT2D eigenvalue weighted by Gasteiger charge is -2.22. The first kappa shape index (κ1) is 13.1. The van der Waals surface area contributed by atoms with Gasteiger partial charge in [-0.05, 0) is 31.0 Å². The zero-order valence-electron chi connectivity index (χ0n) is 10.1. The molecule has 1 N–H and O–H groups in total. The van der Waals surface area contributed by atoms with Gasteiger partial charge in [-0.1, -0.05) is 26.8 Å². The molecule has 90 valence electrons. The second-order valence-electron chi connectivity index (χ2n) is 4.31. The molecule has 0 amide bonds. The van der Waals surface area contributed by atoms with Crippen LogP contribution in [0.1, 0.15) is 26.3 Å². The first-order valence-electron chi connectivity index (χ1n) is 5.72. The molecule has 0 bridgehead atoms. The van der Waals surface area contributed by atoms with Crippen molar-refractivity contribution in [2.45, 2.75) is 33.2 Å². The van der Waals surface area contributed by atoms with Crippen molar-refractivity contribution in [2.75, 3.05) is 6.54 Å². The molecule has 0 saturated heterocycles. The average molecular weight is 227 g/mol. The van der Waals surface area contributed by atoms with Crippen LogP contribution in [-0.2, 0) is 6.42 Å². The lowest BCUT2D eigenvalue weighted by molar-refractivity contribution is 0.393. The highest BCUT2D eigenvalue weighted by Gasteiger charge is 2.17. The van der Waals surface area contributed by atoms with E-state index >= 15 is 0 Å². The Hall–Kier alpha value is -0.960. The summed E-state index contributed by atoms with van der Waals surface area (Å²) >= 11 is 0. The molecule has 3 heteroatoms. The SMILES string of the molecule is CCNC(Cc1c(F)cccc1F)C(C)C. The average Bonchev–Trinajstić information content (AvgIpc) is 2.21. The molecule has 0 aliphatic rings. The minimum atomic E-state index is -0.455. The molecule has 0 saturated carbocycles. The van der Waals surface area contributed by atoms with Gasteiger partial charge in [-0.3, -0.25) is 0 Å². The third-order valence-electron chi connectivity index (χ3n) is 2.76. The number of likely N-dealkylation sites (N-methyl/N-ethyl adjacent to an activating group) is 1. The summed E-state index contributed by atoms with van der Waals surface area (Å²) in [6.45, 7) is 6.89. The lowest BCUT2D eigenvalue weighted by Crippen LogP contribution is -2.36. The molecule has 1 unspecified atom stereocenters. The van der Waals surface area contributed by atoms with E-state index in [9.17, 15) is 8.78 Å². The molecule has 0 radical (unpaired) electrons. The van der Waals surface area contributed by atoms with E-state index in [1.54, 1.807) is 0 Å². The zero-order valence-corrected chi connectivity index (χ0v) is 10.1. The van der Waals surface area contributed by atoms with Gasteiger partial charge in [0.1, 0.15) is 11.6 Å². The summed E-state index contributed by atoms with van der Waals surface area (Å²) in [5, 5.41) is 3.25. The molecule has 0 aromatic heterocycles. The van der Waals surface area contributed by atoms with Crippen LogP contribution in [0.25, 0.3) is 0 Å². The van der Waals surface area contributed by atoms with Crippen LogP contribution in [0, 0.1) is 17.6 Å². The highest BCUT2D eigenvalue weighted by Crippen LogP contribution is 2.17. The third-order valence-corrected chi connectivity index (χ3v) is 2.76. The number of halogens is 2. The van der Waals surface area contributed by atoms with Crippen molar-refractivity contribution in [3.05, 3.63) is 35.4 Å². The predicted octanol–water partition coefficient (Wildman–Crippen LogP) is 3.14.